The first kappa shape index (κ1) is 14.5. The van der Waals surface area contributed by atoms with E-state index >= 15 is 0 Å². The summed E-state index contributed by atoms with van der Waals surface area (Å²) in [5.74, 6) is 1.46. The van der Waals surface area contributed by atoms with Gasteiger partial charge in [0.05, 0.1) is 11.1 Å². The van der Waals surface area contributed by atoms with Crippen molar-refractivity contribution in [3.63, 3.8) is 0 Å². The number of phenolic OH excluding ortho intramolecular Hbond substituents is 1. The molecule has 0 aliphatic rings. The van der Waals surface area contributed by atoms with Gasteiger partial charge < -0.3 is 14.6 Å². The number of hydrogen-bond acceptors (Lipinski definition) is 3. The molecule has 0 bridgehead atoms. The summed E-state index contributed by atoms with van der Waals surface area (Å²) in [5, 5.41) is 10.5. The van der Waals surface area contributed by atoms with E-state index in [4.69, 9.17) is 21.1 Å². The molecular weight excluding hydrogens is 276 g/mol. The predicted octanol–water partition coefficient (Wildman–Crippen LogP) is 4.93. The van der Waals surface area contributed by atoms with E-state index in [0.717, 1.165) is 5.56 Å². The van der Waals surface area contributed by atoms with Crippen molar-refractivity contribution in [3.8, 4) is 23.0 Å². The first-order valence-corrected chi connectivity index (χ1v) is 6.77. The quantitative estimate of drug-likeness (QED) is 0.868. The van der Waals surface area contributed by atoms with Crippen LogP contribution < -0.4 is 9.47 Å². The molecule has 0 atom stereocenters. The van der Waals surface area contributed by atoms with E-state index < -0.39 is 0 Å². The summed E-state index contributed by atoms with van der Waals surface area (Å²) in [6.07, 6.45) is 0.0488. The van der Waals surface area contributed by atoms with E-state index in [-0.39, 0.29) is 11.9 Å². The van der Waals surface area contributed by atoms with Crippen molar-refractivity contribution >= 4 is 11.6 Å². The van der Waals surface area contributed by atoms with Crippen LogP contribution in [0.25, 0.3) is 0 Å². The Bertz CT molecular complexity index is 609. The molecule has 0 aliphatic carbocycles. The first-order chi connectivity index (χ1) is 9.45. The second-order valence-corrected chi connectivity index (χ2v) is 5.24. The lowest BCUT2D eigenvalue weighted by molar-refractivity contribution is 0.241. The minimum Gasteiger partial charge on any atom is -0.504 e. The van der Waals surface area contributed by atoms with E-state index in [1.165, 1.54) is 6.07 Å². The molecule has 1 N–H and O–H groups in total. The molecule has 0 heterocycles. The first-order valence-electron chi connectivity index (χ1n) is 6.39. The molecule has 0 radical (unpaired) electrons. The molecule has 4 heteroatoms. The number of aromatic hydroxyl groups is 1. The van der Waals surface area contributed by atoms with Crippen LogP contribution in [0.5, 0.6) is 23.0 Å². The minimum absolute atomic E-state index is 0.0137. The third-order valence-electron chi connectivity index (χ3n) is 2.61. The van der Waals surface area contributed by atoms with E-state index in [1.54, 1.807) is 18.2 Å². The van der Waals surface area contributed by atoms with Gasteiger partial charge in [0.1, 0.15) is 11.5 Å². The molecule has 0 amide bonds. The molecule has 106 valence electrons. The Labute approximate surface area is 123 Å². The van der Waals surface area contributed by atoms with E-state index in [9.17, 15) is 5.11 Å². The zero-order valence-corrected chi connectivity index (χ0v) is 12.4. The Kier molecular flexibility index (Phi) is 4.40. The molecule has 20 heavy (non-hydrogen) atoms. The number of benzene rings is 2. The number of ether oxygens (including phenoxy) is 2. The summed E-state index contributed by atoms with van der Waals surface area (Å²) in [4.78, 5) is 0. The van der Waals surface area contributed by atoms with Gasteiger partial charge in [0, 0.05) is 6.07 Å². The van der Waals surface area contributed by atoms with Gasteiger partial charge in [-0.1, -0.05) is 17.7 Å². The number of aryl methyl sites for hydroxylation is 1. The van der Waals surface area contributed by atoms with Crippen LogP contribution in [0.15, 0.2) is 36.4 Å². The summed E-state index contributed by atoms with van der Waals surface area (Å²) in [7, 11) is 0. The fourth-order valence-electron chi connectivity index (χ4n) is 1.74. The molecule has 0 aromatic heterocycles. The molecule has 0 fully saturated rings. The monoisotopic (exact) mass is 292 g/mol. The number of phenols is 1. The second kappa shape index (κ2) is 6.06. The molecule has 3 nitrogen and oxygen atoms in total. The van der Waals surface area contributed by atoms with E-state index in [0.29, 0.717) is 22.3 Å². The molecule has 0 spiro atoms. The molecular formula is C16H17ClO3. The second-order valence-electron chi connectivity index (χ2n) is 4.83. The van der Waals surface area contributed by atoms with E-state index in [2.05, 4.69) is 0 Å². The van der Waals surface area contributed by atoms with Crippen LogP contribution in [0.3, 0.4) is 0 Å². The Morgan fingerprint density at radius 2 is 1.75 bits per heavy atom. The standard InChI is InChI=1S/C16H17ClO3/c1-10(2)19-12-5-7-16(14(18)9-12)20-15-6-4-11(3)8-13(15)17/h4-10,18H,1-3H3. The third kappa shape index (κ3) is 3.58. The summed E-state index contributed by atoms with van der Waals surface area (Å²) in [6, 6.07) is 10.4. The Morgan fingerprint density at radius 1 is 1.05 bits per heavy atom. The minimum atomic E-state index is 0.0137. The van der Waals surface area contributed by atoms with Gasteiger partial charge in [-0.2, -0.15) is 0 Å². The van der Waals surface area contributed by atoms with Gasteiger partial charge in [-0.15, -0.1) is 0 Å². The van der Waals surface area contributed by atoms with Crippen molar-refractivity contribution in [2.75, 3.05) is 0 Å². The zero-order valence-electron chi connectivity index (χ0n) is 11.7. The predicted molar refractivity (Wildman–Crippen MR) is 80.1 cm³/mol. The highest BCUT2D eigenvalue weighted by molar-refractivity contribution is 6.32. The average molecular weight is 293 g/mol. The van der Waals surface area contributed by atoms with Crippen LogP contribution in [0, 0.1) is 6.92 Å². The summed E-state index contributed by atoms with van der Waals surface area (Å²) >= 11 is 6.10. The van der Waals surface area contributed by atoms with Crippen LogP contribution in [0.1, 0.15) is 19.4 Å². The average Bonchev–Trinajstić information content (AvgIpc) is 2.34. The van der Waals surface area contributed by atoms with Crippen molar-refractivity contribution in [2.24, 2.45) is 0 Å². The Morgan fingerprint density at radius 3 is 2.35 bits per heavy atom. The Balaban J connectivity index is 2.21. The lowest BCUT2D eigenvalue weighted by atomic mass is 10.2. The molecule has 0 saturated heterocycles. The van der Waals surface area contributed by atoms with Crippen molar-refractivity contribution in [3.05, 3.63) is 47.0 Å². The lowest BCUT2D eigenvalue weighted by Crippen LogP contribution is -2.05. The molecule has 0 aliphatic heterocycles. The fraction of sp³-hybridized carbons (Fsp3) is 0.250. The summed E-state index contributed by atoms with van der Waals surface area (Å²) < 4.78 is 11.1. The van der Waals surface area contributed by atoms with Gasteiger partial charge in [-0.05, 0) is 50.6 Å². The van der Waals surface area contributed by atoms with Gasteiger partial charge >= 0.3 is 0 Å². The smallest absolute Gasteiger partial charge is 0.169 e. The number of halogens is 1. The summed E-state index contributed by atoms with van der Waals surface area (Å²) in [6.45, 7) is 5.80. The fourth-order valence-corrected chi connectivity index (χ4v) is 2.01. The van der Waals surface area contributed by atoms with Crippen molar-refractivity contribution in [2.45, 2.75) is 26.9 Å². The topological polar surface area (TPSA) is 38.7 Å². The summed E-state index contributed by atoms with van der Waals surface area (Å²) in [5.41, 5.74) is 1.05. The highest BCUT2D eigenvalue weighted by atomic mass is 35.5. The molecule has 0 unspecified atom stereocenters. The van der Waals surface area contributed by atoms with Gasteiger partial charge in [-0.3, -0.25) is 0 Å². The van der Waals surface area contributed by atoms with Crippen LogP contribution >= 0.6 is 11.6 Å². The van der Waals surface area contributed by atoms with Crippen molar-refractivity contribution in [1.29, 1.82) is 0 Å². The van der Waals surface area contributed by atoms with Crippen LogP contribution in [-0.2, 0) is 0 Å². The molecule has 0 saturated carbocycles. The lowest BCUT2D eigenvalue weighted by Gasteiger charge is -2.13. The van der Waals surface area contributed by atoms with E-state index in [1.807, 2.05) is 32.9 Å². The maximum absolute atomic E-state index is 9.96. The molecule has 2 aromatic carbocycles. The highest BCUT2D eigenvalue weighted by Crippen LogP contribution is 2.36. The zero-order chi connectivity index (χ0) is 14.7. The Hall–Kier alpha value is -1.87. The third-order valence-corrected chi connectivity index (χ3v) is 2.90. The highest BCUT2D eigenvalue weighted by Gasteiger charge is 2.09. The molecule has 2 rings (SSSR count). The van der Waals surface area contributed by atoms with Crippen LogP contribution in [0.2, 0.25) is 5.02 Å². The number of hydrogen-bond donors (Lipinski definition) is 1. The van der Waals surface area contributed by atoms with Crippen molar-refractivity contribution < 1.29 is 14.6 Å². The van der Waals surface area contributed by atoms with Gasteiger partial charge in [0.2, 0.25) is 0 Å². The SMILES string of the molecule is Cc1ccc(Oc2ccc(OC(C)C)cc2O)c(Cl)c1. The van der Waals surface area contributed by atoms with Gasteiger partial charge in [0.25, 0.3) is 0 Å². The van der Waals surface area contributed by atoms with Crippen LogP contribution in [0.4, 0.5) is 0 Å². The maximum Gasteiger partial charge on any atom is 0.169 e. The van der Waals surface area contributed by atoms with Gasteiger partial charge in [-0.25, -0.2) is 0 Å². The van der Waals surface area contributed by atoms with Crippen molar-refractivity contribution in [1.82, 2.24) is 0 Å². The van der Waals surface area contributed by atoms with Crippen LogP contribution in [-0.4, -0.2) is 11.2 Å². The van der Waals surface area contributed by atoms with Gasteiger partial charge in [0.15, 0.2) is 11.5 Å². The normalized spacial score (nSPS) is 10.7. The molecule has 2 aromatic rings. The maximum atomic E-state index is 9.96. The largest absolute Gasteiger partial charge is 0.504 e. The number of rotatable bonds is 4.